The molecule has 0 amide bonds. The largest absolute Gasteiger partial charge is 0.454 e. The molecule has 61 heavy (non-hydrogen) atoms. The molecule has 0 spiro atoms. The van der Waals surface area contributed by atoms with E-state index in [-0.39, 0.29) is 0 Å². The molecule has 1 aliphatic carbocycles. The van der Waals surface area contributed by atoms with Crippen molar-refractivity contribution in [2.45, 2.75) is 5.41 Å². The van der Waals surface area contributed by atoms with Gasteiger partial charge in [-0.3, -0.25) is 0 Å². The number of furan rings is 1. The summed E-state index contributed by atoms with van der Waals surface area (Å²) in [6.07, 6.45) is 0. The molecule has 1 aliphatic rings. The van der Waals surface area contributed by atoms with E-state index >= 15 is 0 Å². The van der Waals surface area contributed by atoms with Gasteiger partial charge in [0, 0.05) is 22.1 Å². The fourth-order valence-electron chi connectivity index (χ4n) is 10.1. The van der Waals surface area contributed by atoms with E-state index in [4.69, 9.17) is 4.42 Å². The summed E-state index contributed by atoms with van der Waals surface area (Å²) in [5, 5.41) is 4.60. The van der Waals surface area contributed by atoms with Crippen molar-refractivity contribution >= 4 is 49.8 Å². The summed E-state index contributed by atoms with van der Waals surface area (Å²) >= 11 is 0. The van der Waals surface area contributed by atoms with Crippen molar-refractivity contribution in [1.82, 2.24) is 0 Å². The second-order valence-electron chi connectivity index (χ2n) is 16.0. The third-order valence-corrected chi connectivity index (χ3v) is 12.7. The van der Waals surface area contributed by atoms with Crippen LogP contribution in [0.2, 0.25) is 0 Å². The summed E-state index contributed by atoms with van der Waals surface area (Å²) in [6, 6.07) is 85.9. The maximum absolute atomic E-state index is 7.15. The zero-order chi connectivity index (χ0) is 40.3. The van der Waals surface area contributed by atoms with Crippen LogP contribution in [0.25, 0.3) is 66.1 Å². The maximum atomic E-state index is 7.15. The Morgan fingerprint density at radius 2 is 0.918 bits per heavy atom. The summed E-state index contributed by atoms with van der Waals surface area (Å²) in [5.41, 5.74) is 16.4. The summed E-state index contributed by atoms with van der Waals surface area (Å²) in [6.45, 7) is 0. The number of anilines is 3. The van der Waals surface area contributed by atoms with Crippen LogP contribution in [-0.2, 0) is 5.41 Å². The topological polar surface area (TPSA) is 16.4 Å². The fraction of sp³-hybridized carbons (Fsp3) is 0.0169. The van der Waals surface area contributed by atoms with Crippen LogP contribution >= 0.6 is 0 Å². The molecule has 1 heterocycles. The zero-order valence-corrected chi connectivity index (χ0v) is 33.4. The SMILES string of the molecule is c1ccc(-c2ccc(N(c3ccc4c(c3)C(c3ccccc3)(c3ccccc3)c3ccccc3-4)c3ccc(-c4ccccc4)c4c3oc3ccc5ccccc5c34)cc2)cc1. The smallest absolute Gasteiger partial charge is 0.160 e. The van der Waals surface area contributed by atoms with E-state index in [0.717, 1.165) is 50.1 Å². The lowest BCUT2D eigenvalue weighted by molar-refractivity contribution is 0.669. The first-order valence-electron chi connectivity index (χ1n) is 21.0. The van der Waals surface area contributed by atoms with E-state index in [1.807, 2.05) is 0 Å². The number of rotatable bonds is 7. The number of nitrogens with zero attached hydrogens (tertiary/aromatic N) is 1. The predicted octanol–water partition coefficient (Wildman–Crippen LogP) is 15.9. The normalized spacial score (nSPS) is 12.7. The van der Waals surface area contributed by atoms with Crippen molar-refractivity contribution in [3.8, 4) is 33.4 Å². The molecule has 11 aromatic rings. The van der Waals surface area contributed by atoms with Crippen LogP contribution in [-0.4, -0.2) is 0 Å². The molecule has 2 nitrogen and oxygen atoms in total. The van der Waals surface area contributed by atoms with Gasteiger partial charge in [0.25, 0.3) is 0 Å². The molecule has 2 heteroatoms. The van der Waals surface area contributed by atoms with Gasteiger partial charge in [0.05, 0.1) is 11.1 Å². The molecule has 0 aliphatic heterocycles. The van der Waals surface area contributed by atoms with Crippen LogP contribution in [0.1, 0.15) is 22.3 Å². The van der Waals surface area contributed by atoms with Crippen LogP contribution in [0.5, 0.6) is 0 Å². The highest BCUT2D eigenvalue weighted by Crippen LogP contribution is 2.58. The van der Waals surface area contributed by atoms with Crippen molar-refractivity contribution in [2.75, 3.05) is 4.90 Å². The highest BCUT2D eigenvalue weighted by molar-refractivity contribution is 6.25. The maximum Gasteiger partial charge on any atom is 0.160 e. The standard InChI is InChI=1S/C59H39NO/c1-5-17-40(18-6-1)41-29-32-46(33-30-41)60(54-37-36-49(42-19-7-2-8-20-42)57-56-48-26-14-13-21-43(48)31-38-55(56)61-58(54)57)47-34-35-51-50-27-15-16-28-52(50)59(53(51)39-47,44-22-9-3-10-23-44)45-24-11-4-12-25-45/h1-39H. The quantitative estimate of drug-likeness (QED) is 0.160. The minimum atomic E-state index is -0.544. The Labute approximate surface area is 355 Å². The number of benzene rings is 10. The second-order valence-corrected chi connectivity index (χ2v) is 16.0. The Balaban J connectivity index is 1.16. The Kier molecular flexibility index (Phi) is 8.11. The monoisotopic (exact) mass is 777 g/mol. The average Bonchev–Trinajstić information content (AvgIpc) is 3.88. The molecule has 10 aromatic carbocycles. The van der Waals surface area contributed by atoms with Gasteiger partial charge in [-0.25, -0.2) is 0 Å². The summed E-state index contributed by atoms with van der Waals surface area (Å²) in [5.74, 6) is 0. The van der Waals surface area contributed by atoms with Crippen LogP contribution in [0.4, 0.5) is 17.1 Å². The highest BCUT2D eigenvalue weighted by Gasteiger charge is 2.46. The molecule has 0 saturated heterocycles. The molecule has 0 fully saturated rings. The van der Waals surface area contributed by atoms with Gasteiger partial charge in [0.1, 0.15) is 5.58 Å². The second kappa shape index (κ2) is 14.1. The van der Waals surface area contributed by atoms with E-state index in [2.05, 4.69) is 241 Å². The predicted molar refractivity (Wildman–Crippen MR) is 254 cm³/mol. The molecule has 286 valence electrons. The minimum absolute atomic E-state index is 0.544. The molecule has 0 atom stereocenters. The number of hydrogen-bond acceptors (Lipinski definition) is 2. The van der Waals surface area contributed by atoms with Crippen LogP contribution < -0.4 is 4.90 Å². The van der Waals surface area contributed by atoms with Crippen molar-refractivity contribution in [3.05, 3.63) is 259 Å². The minimum Gasteiger partial charge on any atom is -0.454 e. The summed E-state index contributed by atoms with van der Waals surface area (Å²) in [7, 11) is 0. The highest BCUT2D eigenvalue weighted by atomic mass is 16.3. The van der Waals surface area contributed by atoms with Crippen molar-refractivity contribution in [2.24, 2.45) is 0 Å². The lowest BCUT2D eigenvalue weighted by Crippen LogP contribution is -2.28. The van der Waals surface area contributed by atoms with Crippen molar-refractivity contribution in [1.29, 1.82) is 0 Å². The van der Waals surface area contributed by atoms with E-state index in [0.29, 0.717) is 0 Å². The number of fused-ring (bicyclic) bond motifs is 8. The van der Waals surface area contributed by atoms with E-state index in [1.54, 1.807) is 0 Å². The third-order valence-electron chi connectivity index (χ3n) is 12.7. The summed E-state index contributed by atoms with van der Waals surface area (Å²) < 4.78 is 7.15. The van der Waals surface area contributed by atoms with Crippen LogP contribution in [0, 0.1) is 0 Å². The van der Waals surface area contributed by atoms with E-state index in [1.165, 1.54) is 55.3 Å². The first kappa shape index (κ1) is 35.0. The van der Waals surface area contributed by atoms with Gasteiger partial charge in [-0.05, 0) is 103 Å². The van der Waals surface area contributed by atoms with E-state index < -0.39 is 5.41 Å². The van der Waals surface area contributed by atoms with Crippen LogP contribution in [0.3, 0.4) is 0 Å². The van der Waals surface area contributed by atoms with Gasteiger partial charge in [-0.15, -0.1) is 0 Å². The Hall–Kier alpha value is -7.94. The Bertz CT molecular complexity index is 3350. The van der Waals surface area contributed by atoms with Gasteiger partial charge < -0.3 is 9.32 Å². The van der Waals surface area contributed by atoms with Gasteiger partial charge in [0.2, 0.25) is 0 Å². The van der Waals surface area contributed by atoms with Gasteiger partial charge in [-0.2, -0.15) is 0 Å². The molecular formula is C59H39NO. The average molecular weight is 778 g/mol. The first-order valence-corrected chi connectivity index (χ1v) is 21.0. The Morgan fingerprint density at radius 1 is 0.361 bits per heavy atom. The molecular weight excluding hydrogens is 739 g/mol. The first-order chi connectivity index (χ1) is 30.3. The van der Waals surface area contributed by atoms with Gasteiger partial charge >= 0.3 is 0 Å². The van der Waals surface area contributed by atoms with Gasteiger partial charge in [0.15, 0.2) is 5.58 Å². The molecule has 0 saturated carbocycles. The molecule has 0 N–H and O–H groups in total. The van der Waals surface area contributed by atoms with Crippen LogP contribution in [0.15, 0.2) is 241 Å². The fourth-order valence-corrected chi connectivity index (χ4v) is 10.1. The van der Waals surface area contributed by atoms with Gasteiger partial charge in [-0.1, -0.05) is 200 Å². The lowest BCUT2D eigenvalue weighted by Gasteiger charge is -2.35. The third kappa shape index (κ3) is 5.43. The number of hydrogen-bond donors (Lipinski definition) is 0. The zero-order valence-electron chi connectivity index (χ0n) is 33.4. The lowest BCUT2D eigenvalue weighted by atomic mass is 9.67. The molecule has 0 bridgehead atoms. The summed E-state index contributed by atoms with van der Waals surface area (Å²) in [4.78, 5) is 2.40. The van der Waals surface area contributed by atoms with E-state index in [9.17, 15) is 0 Å². The van der Waals surface area contributed by atoms with Crippen molar-refractivity contribution in [3.63, 3.8) is 0 Å². The molecule has 1 aromatic heterocycles. The molecule has 0 unspecified atom stereocenters. The molecule has 0 radical (unpaired) electrons. The Morgan fingerprint density at radius 3 is 1.64 bits per heavy atom. The van der Waals surface area contributed by atoms with Crippen molar-refractivity contribution < 1.29 is 4.42 Å². The molecule has 12 rings (SSSR count).